The third kappa shape index (κ3) is 3.06. The highest BCUT2D eigenvalue weighted by Gasteiger charge is 2.20. The Balaban J connectivity index is 2.26. The second kappa shape index (κ2) is 5.33. The van der Waals surface area contributed by atoms with E-state index in [4.69, 9.17) is 4.74 Å². The lowest BCUT2D eigenvalue weighted by Crippen LogP contribution is -1.90. The first kappa shape index (κ1) is 13.4. The van der Waals surface area contributed by atoms with E-state index in [1.54, 1.807) is 0 Å². The number of nitrogens with zero attached hydrogens (tertiary/aromatic N) is 2. The van der Waals surface area contributed by atoms with Crippen molar-refractivity contribution in [1.29, 1.82) is 0 Å². The fourth-order valence-corrected chi connectivity index (χ4v) is 2.66. The van der Waals surface area contributed by atoms with Gasteiger partial charge in [-0.05, 0) is 28.1 Å². The van der Waals surface area contributed by atoms with Crippen molar-refractivity contribution >= 4 is 38.6 Å². The minimum absolute atomic E-state index is 0.0748. The van der Waals surface area contributed by atoms with E-state index in [1.807, 2.05) is 0 Å². The van der Waals surface area contributed by atoms with E-state index in [2.05, 4.69) is 15.9 Å². The number of rotatable bonds is 4. The molecular weight excluding hydrogens is 340 g/mol. The summed E-state index contributed by atoms with van der Waals surface area (Å²) in [4.78, 5) is 20.2. The van der Waals surface area contributed by atoms with Crippen LogP contribution in [0.15, 0.2) is 34.1 Å². The van der Waals surface area contributed by atoms with Crippen LogP contribution in [-0.4, -0.2) is 9.85 Å². The molecule has 0 bridgehead atoms. The molecule has 0 amide bonds. The molecule has 2 aromatic rings. The summed E-state index contributed by atoms with van der Waals surface area (Å²) in [5, 5.41) is 21.4. The zero-order valence-electron chi connectivity index (χ0n) is 9.11. The summed E-state index contributed by atoms with van der Waals surface area (Å²) in [5.41, 5.74) is -0.232. The molecule has 1 aromatic carbocycles. The van der Waals surface area contributed by atoms with Gasteiger partial charge in [0.1, 0.15) is 5.75 Å². The van der Waals surface area contributed by atoms with E-state index in [-0.39, 0.29) is 16.4 Å². The maximum Gasteiger partial charge on any atom is 0.324 e. The highest BCUT2D eigenvalue weighted by Crippen LogP contribution is 2.42. The van der Waals surface area contributed by atoms with Crippen LogP contribution in [0.1, 0.15) is 0 Å². The number of nitro benzene ring substituents is 1. The van der Waals surface area contributed by atoms with Crippen LogP contribution < -0.4 is 4.74 Å². The maximum atomic E-state index is 10.8. The summed E-state index contributed by atoms with van der Waals surface area (Å²) in [6.07, 6.45) is 0. The van der Waals surface area contributed by atoms with E-state index in [0.717, 1.165) is 11.3 Å². The van der Waals surface area contributed by atoms with Gasteiger partial charge in [-0.1, -0.05) is 11.3 Å². The predicted octanol–water partition coefficient (Wildman–Crippen LogP) is 4.12. The Morgan fingerprint density at radius 1 is 1.11 bits per heavy atom. The number of hydrogen-bond acceptors (Lipinski definition) is 6. The topological polar surface area (TPSA) is 95.5 Å². The fourth-order valence-electron chi connectivity index (χ4n) is 1.28. The Morgan fingerprint density at radius 2 is 1.74 bits per heavy atom. The smallest absolute Gasteiger partial charge is 0.324 e. The third-order valence-electron chi connectivity index (χ3n) is 2.10. The van der Waals surface area contributed by atoms with Crippen molar-refractivity contribution in [3.63, 3.8) is 0 Å². The van der Waals surface area contributed by atoms with Crippen LogP contribution in [-0.2, 0) is 0 Å². The van der Waals surface area contributed by atoms with Gasteiger partial charge in [0.25, 0.3) is 10.8 Å². The molecule has 7 nitrogen and oxygen atoms in total. The summed E-state index contributed by atoms with van der Waals surface area (Å²) in [6, 6.07) is 6.64. The minimum atomic E-state index is -0.554. The summed E-state index contributed by atoms with van der Waals surface area (Å²) in [6.45, 7) is 0. The first-order chi connectivity index (χ1) is 8.97. The van der Waals surface area contributed by atoms with E-state index in [9.17, 15) is 20.2 Å². The van der Waals surface area contributed by atoms with Crippen molar-refractivity contribution in [3.05, 3.63) is 54.3 Å². The highest BCUT2D eigenvalue weighted by atomic mass is 79.9. The first-order valence-electron chi connectivity index (χ1n) is 4.83. The largest absolute Gasteiger partial charge is 0.440 e. The SMILES string of the molecule is O=[N+]([O-])c1ccc(Oc2sc(Br)cc2[N+](=O)[O-])cc1. The van der Waals surface area contributed by atoms with Gasteiger partial charge in [-0.2, -0.15) is 0 Å². The second-order valence-corrected chi connectivity index (χ2v) is 5.73. The average Bonchev–Trinajstić information content (AvgIpc) is 2.71. The molecule has 0 radical (unpaired) electrons. The molecule has 1 heterocycles. The predicted molar refractivity (Wildman–Crippen MR) is 71.8 cm³/mol. The lowest BCUT2D eigenvalue weighted by Gasteiger charge is -2.01. The van der Waals surface area contributed by atoms with Crippen molar-refractivity contribution in [2.45, 2.75) is 0 Å². The lowest BCUT2D eigenvalue weighted by molar-refractivity contribution is -0.385. The minimum Gasteiger partial charge on any atom is -0.440 e. The zero-order chi connectivity index (χ0) is 14.0. The normalized spacial score (nSPS) is 10.2. The summed E-state index contributed by atoms with van der Waals surface area (Å²) >= 11 is 4.21. The van der Waals surface area contributed by atoms with Gasteiger partial charge in [-0.25, -0.2) is 0 Å². The Bertz CT molecular complexity index is 640. The summed E-state index contributed by atoms with van der Waals surface area (Å²) in [5.74, 6) is 0.294. The lowest BCUT2D eigenvalue weighted by atomic mass is 10.3. The monoisotopic (exact) mass is 344 g/mol. The molecule has 0 aliphatic heterocycles. The van der Waals surface area contributed by atoms with Crippen molar-refractivity contribution in [2.75, 3.05) is 0 Å². The van der Waals surface area contributed by atoms with E-state index < -0.39 is 9.85 Å². The molecule has 0 N–H and O–H groups in total. The molecular formula is C10H5BrN2O5S. The van der Waals surface area contributed by atoms with Gasteiger partial charge in [0.05, 0.1) is 13.6 Å². The fraction of sp³-hybridized carbons (Fsp3) is 0. The molecule has 2 rings (SSSR count). The van der Waals surface area contributed by atoms with Gasteiger partial charge in [-0.15, -0.1) is 0 Å². The van der Waals surface area contributed by atoms with Crippen LogP contribution in [0.25, 0.3) is 0 Å². The van der Waals surface area contributed by atoms with Gasteiger partial charge in [0.2, 0.25) is 0 Å². The van der Waals surface area contributed by atoms with Crippen LogP contribution in [0, 0.1) is 20.2 Å². The van der Waals surface area contributed by atoms with Crippen LogP contribution in [0.3, 0.4) is 0 Å². The van der Waals surface area contributed by atoms with Crippen LogP contribution in [0.2, 0.25) is 0 Å². The number of benzene rings is 1. The molecule has 9 heteroatoms. The van der Waals surface area contributed by atoms with Crippen molar-refractivity contribution < 1.29 is 14.6 Å². The Labute approximate surface area is 118 Å². The quantitative estimate of drug-likeness (QED) is 0.613. The molecule has 98 valence electrons. The maximum absolute atomic E-state index is 10.8. The van der Waals surface area contributed by atoms with E-state index in [0.29, 0.717) is 9.54 Å². The summed E-state index contributed by atoms with van der Waals surface area (Å²) in [7, 11) is 0. The van der Waals surface area contributed by atoms with Crippen LogP contribution >= 0.6 is 27.3 Å². The number of nitro groups is 2. The van der Waals surface area contributed by atoms with Gasteiger partial charge >= 0.3 is 5.69 Å². The third-order valence-corrected chi connectivity index (χ3v) is 3.61. The molecule has 0 saturated heterocycles. The molecule has 0 atom stereocenters. The molecule has 0 spiro atoms. The second-order valence-electron chi connectivity index (χ2n) is 3.33. The molecule has 0 fully saturated rings. The zero-order valence-corrected chi connectivity index (χ0v) is 11.5. The van der Waals surface area contributed by atoms with Gasteiger partial charge in [0, 0.05) is 18.2 Å². The van der Waals surface area contributed by atoms with E-state index >= 15 is 0 Å². The standard InChI is InChI=1S/C10H5BrN2O5S/c11-9-5-8(13(16)17)10(19-9)18-7-3-1-6(2-4-7)12(14)15/h1-5H. The van der Waals surface area contributed by atoms with E-state index in [1.165, 1.54) is 30.3 Å². The van der Waals surface area contributed by atoms with Crippen LogP contribution in [0.5, 0.6) is 10.8 Å². The number of non-ortho nitro benzene ring substituents is 1. The number of thiophene rings is 1. The number of hydrogen-bond donors (Lipinski definition) is 0. The van der Waals surface area contributed by atoms with Crippen molar-refractivity contribution in [3.8, 4) is 10.8 Å². The summed E-state index contributed by atoms with van der Waals surface area (Å²) < 4.78 is 5.92. The molecule has 0 saturated carbocycles. The van der Waals surface area contributed by atoms with Gasteiger partial charge in [-0.3, -0.25) is 20.2 Å². The molecule has 0 aliphatic rings. The molecule has 1 aromatic heterocycles. The van der Waals surface area contributed by atoms with Crippen molar-refractivity contribution in [1.82, 2.24) is 0 Å². The Kier molecular flexibility index (Phi) is 3.76. The van der Waals surface area contributed by atoms with Crippen LogP contribution in [0.4, 0.5) is 11.4 Å². The Hall–Kier alpha value is -2.00. The average molecular weight is 345 g/mol. The molecule has 0 unspecified atom stereocenters. The highest BCUT2D eigenvalue weighted by molar-refractivity contribution is 9.11. The molecule has 0 aliphatic carbocycles. The van der Waals surface area contributed by atoms with Crippen molar-refractivity contribution in [2.24, 2.45) is 0 Å². The Morgan fingerprint density at radius 3 is 2.26 bits per heavy atom. The van der Waals surface area contributed by atoms with Gasteiger partial charge < -0.3 is 4.74 Å². The molecule has 19 heavy (non-hydrogen) atoms. The number of halogens is 1. The first-order valence-corrected chi connectivity index (χ1v) is 6.44. The van der Waals surface area contributed by atoms with Gasteiger partial charge in [0.15, 0.2) is 0 Å². The number of ether oxygens (including phenoxy) is 1.